The lowest BCUT2D eigenvalue weighted by Crippen LogP contribution is -2.13. The molecule has 6 heteroatoms. The molecule has 0 spiro atoms. The van der Waals surface area contributed by atoms with Crippen LogP contribution in [0.15, 0.2) is 46.9 Å². The summed E-state index contributed by atoms with van der Waals surface area (Å²) in [5, 5.41) is 5.26. The molecule has 2 rings (SSSR count). The van der Waals surface area contributed by atoms with E-state index in [0.717, 1.165) is 6.07 Å². The van der Waals surface area contributed by atoms with Crippen LogP contribution in [0.2, 0.25) is 0 Å². The van der Waals surface area contributed by atoms with Crippen molar-refractivity contribution in [2.75, 3.05) is 10.6 Å². The molecule has 0 aliphatic rings. The van der Waals surface area contributed by atoms with Crippen molar-refractivity contribution in [2.24, 2.45) is 0 Å². The van der Waals surface area contributed by atoms with Gasteiger partial charge in [0.1, 0.15) is 5.82 Å². The number of carbonyl (C=O) groups is 2. The third kappa shape index (κ3) is 4.13. The first-order valence-corrected chi connectivity index (χ1v) is 6.89. The van der Waals surface area contributed by atoms with Crippen LogP contribution in [-0.4, -0.2) is 11.8 Å². The van der Waals surface area contributed by atoms with Gasteiger partial charge in [0.25, 0.3) is 5.91 Å². The molecule has 0 atom stereocenters. The van der Waals surface area contributed by atoms with E-state index in [2.05, 4.69) is 26.6 Å². The highest BCUT2D eigenvalue weighted by molar-refractivity contribution is 9.10. The van der Waals surface area contributed by atoms with Gasteiger partial charge in [-0.3, -0.25) is 9.59 Å². The van der Waals surface area contributed by atoms with Crippen LogP contribution in [0.25, 0.3) is 0 Å². The zero-order valence-electron chi connectivity index (χ0n) is 11.1. The number of carbonyl (C=O) groups excluding carboxylic acids is 2. The molecular weight excluding hydrogens is 339 g/mol. The maximum absolute atomic E-state index is 13.4. The molecule has 0 fully saturated rings. The molecule has 0 aliphatic heterocycles. The van der Waals surface area contributed by atoms with Crippen LogP contribution in [-0.2, 0) is 4.79 Å². The highest BCUT2D eigenvalue weighted by atomic mass is 79.9. The van der Waals surface area contributed by atoms with Gasteiger partial charge < -0.3 is 10.6 Å². The summed E-state index contributed by atoms with van der Waals surface area (Å²) in [5.74, 6) is -1.13. The first-order chi connectivity index (χ1) is 9.95. The molecule has 0 radical (unpaired) electrons. The van der Waals surface area contributed by atoms with Crippen molar-refractivity contribution in [1.82, 2.24) is 0 Å². The van der Waals surface area contributed by atoms with Crippen LogP contribution in [0.4, 0.5) is 15.8 Å². The molecule has 0 aromatic heterocycles. The van der Waals surface area contributed by atoms with Crippen molar-refractivity contribution >= 4 is 39.1 Å². The van der Waals surface area contributed by atoms with E-state index in [9.17, 15) is 14.0 Å². The summed E-state index contributed by atoms with van der Waals surface area (Å²) < 4.78 is 13.7. The number of hydrogen-bond acceptors (Lipinski definition) is 2. The van der Waals surface area contributed by atoms with Gasteiger partial charge in [0, 0.05) is 23.9 Å². The average molecular weight is 351 g/mol. The van der Waals surface area contributed by atoms with E-state index in [4.69, 9.17) is 0 Å². The summed E-state index contributed by atoms with van der Waals surface area (Å²) in [5.41, 5.74) is 1.29. The molecule has 21 heavy (non-hydrogen) atoms. The molecule has 0 saturated carbocycles. The van der Waals surface area contributed by atoms with E-state index in [0.29, 0.717) is 15.8 Å². The lowest BCUT2D eigenvalue weighted by Gasteiger charge is -2.08. The molecule has 2 aromatic rings. The van der Waals surface area contributed by atoms with Gasteiger partial charge >= 0.3 is 0 Å². The smallest absolute Gasteiger partial charge is 0.255 e. The third-order valence-corrected chi connectivity index (χ3v) is 3.27. The van der Waals surface area contributed by atoms with Gasteiger partial charge in [-0.05, 0) is 52.3 Å². The number of halogens is 2. The average Bonchev–Trinajstić information content (AvgIpc) is 2.41. The summed E-state index contributed by atoms with van der Waals surface area (Å²) in [7, 11) is 0. The molecule has 0 bridgehead atoms. The van der Waals surface area contributed by atoms with Crippen molar-refractivity contribution in [3.05, 3.63) is 58.3 Å². The predicted molar refractivity (Wildman–Crippen MR) is 82.8 cm³/mol. The number of nitrogens with one attached hydrogen (secondary N) is 2. The van der Waals surface area contributed by atoms with E-state index in [-0.39, 0.29) is 11.5 Å². The SMILES string of the molecule is CC(=O)Nc1cccc(NC(=O)c2ccc(Br)c(F)c2)c1. The maximum Gasteiger partial charge on any atom is 0.255 e. The Bertz CT molecular complexity index is 704. The third-order valence-electron chi connectivity index (χ3n) is 2.62. The summed E-state index contributed by atoms with van der Waals surface area (Å²) in [6, 6.07) is 10.8. The fourth-order valence-corrected chi connectivity index (χ4v) is 1.97. The second-order valence-corrected chi connectivity index (χ2v) is 5.20. The quantitative estimate of drug-likeness (QED) is 0.884. The van der Waals surface area contributed by atoms with E-state index in [1.54, 1.807) is 24.3 Å². The highest BCUT2D eigenvalue weighted by Gasteiger charge is 2.09. The minimum atomic E-state index is -0.505. The van der Waals surface area contributed by atoms with Crippen molar-refractivity contribution in [3.63, 3.8) is 0 Å². The van der Waals surface area contributed by atoms with Gasteiger partial charge in [-0.15, -0.1) is 0 Å². The van der Waals surface area contributed by atoms with Crippen molar-refractivity contribution in [3.8, 4) is 0 Å². The lowest BCUT2D eigenvalue weighted by molar-refractivity contribution is -0.114. The summed E-state index contributed by atoms with van der Waals surface area (Å²) in [4.78, 5) is 23.0. The van der Waals surface area contributed by atoms with Crippen LogP contribution in [0, 0.1) is 5.82 Å². The topological polar surface area (TPSA) is 58.2 Å². The number of amides is 2. The van der Waals surface area contributed by atoms with Crippen molar-refractivity contribution < 1.29 is 14.0 Å². The van der Waals surface area contributed by atoms with E-state index in [1.165, 1.54) is 19.1 Å². The van der Waals surface area contributed by atoms with Crippen LogP contribution in [0.5, 0.6) is 0 Å². The monoisotopic (exact) mass is 350 g/mol. The van der Waals surface area contributed by atoms with E-state index >= 15 is 0 Å². The Labute approximate surface area is 129 Å². The molecule has 0 unspecified atom stereocenters. The molecule has 0 heterocycles. The zero-order chi connectivity index (χ0) is 15.4. The van der Waals surface area contributed by atoms with Gasteiger partial charge in [0.05, 0.1) is 4.47 Å². The molecule has 0 saturated heterocycles. The minimum absolute atomic E-state index is 0.201. The Morgan fingerprint density at radius 2 is 1.71 bits per heavy atom. The fourth-order valence-electron chi connectivity index (χ4n) is 1.72. The first-order valence-electron chi connectivity index (χ1n) is 6.10. The molecule has 2 aromatic carbocycles. The Morgan fingerprint density at radius 3 is 2.33 bits per heavy atom. The predicted octanol–water partition coefficient (Wildman–Crippen LogP) is 3.80. The van der Waals surface area contributed by atoms with Gasteiger partial charge in [0.15, 0.2) is 0 Å². The first kappa shape index (κ1) is 15.2. The van der Waals surface area contributed by atoms with Gasteiger partial charge in [-0.2, -0.15) is 0 Å². The highest BCUT2D eigenvalue weighted by Crippen LogP contribution is 2.19. The van der Waals surface area contributed by atoms with Gasteiger partial charge in [-0.25, -0.2) is 4.39 Å². The van der Waals surface area contributed by atoms with Gasteiger partial charge in [0.2, 0.25) is 5.91 Å². The van der Waals surface area contributed by atoms with E-state index < -0.39 is 11.7 Å². The van der Waals surface area contributed by atoms with Gasteiger partial charge in [-0.1, -0.05) is 6.07 Å². The summed E-state index contributed by atoms with van der Waals surface area (Å²) in [6.45, 7) is 1.40. The van der Waals surface area contributed by atoms with Crippen molar-refractivity contribution in [1.29, 1.82) is 0 Å². The molecule has 108 valence electrons. The number of rotatable bonds is 3. The Hall–Kier alpha value is -2.21. The van der Waals surface area contributed by atoms with E-state index in [1.807, 2.05) is 0 Å². The molecule has 2 amide bonds. The Kier molecular flexibility index (Phi) is 4.70. The lowest BCUT2D eigenvalue weighted by atomic mass is 10.2. The van der Waals surface area contributed by atoms with Crippen LogP contribution in [0.1, 0.15) is 17.3 Å². The fraction of sp³-hybridized carbons (Fsp3) is 0.0667. The molecule has 4 nitrogen and oxygen atoms in total. The zero-order valence-corrected chi connectivity index (χ0v) is 12.7. The Balaban J connectivity index is 2.15. The summed E-state index contributed by atoms with van der Waals surface area (Å²) in [6.07, 6.45) is 0. The molecule has 2 N–H and O–H groups in total. The second-order valence-electron chi connectivity index (χ2n) is 4.35. The second kappa shape index (κ2) is 6.49. The normalized spacial score (nSPS) is 10.0. The summed E-state index contributed by atoms with van der Waals surface area (Å²) >= 11 is 3.03. The standard InChI is InChI=1S/C15H12BrFN2O2/c1-9(20)18-11-3-2-4-12(8-11)19-15(21)10-5-6-13(16)14(17)7-10/h2-8H,1H3,(H,18,20)(H,19,21). The molecule has 0 aliphatic carbocycles. The number of benzene rings is 2. The van der Waals surface area contributed by atoms with Crippen molar-refractivity contribution in [2.45, 2.75) is 6.92 Å². The molecular formula is C15H12BrFN2O2. The van der Waals surface area contributed by atoms with Crippen LogP contribution >= 0.6 is 15.9 Å². The number of hydrogen-bond donors (Lipinski definition) is 2. The Morgan fingerprint density at radius 1 is 1.05 bits per heavy atom. The number of anilines is 2. The minimum Gasteiger partial charge on any atom is -0.326 e. The van der Waals surface area contributed by atoms with Crippen LogP contribution < -0.4 is 10.6 Å². The maximum atomic E-state index is 13.4. The van der Waals surface area contributed by atoms with Crippen LogP contribution in [0.3, 0.4) is 0 Å². The largest absolute Gasteiger partial charge is 0.326 e.